The Hall–Kier alpha value is -2.90. The Morgan fingerprint density at radius 3 is 2.67 bits per heavy atom. The molecule has 2 N–H and O–H groups in total. The minimum absolute atomic E-state index is 0.198. The van der Waals surface area contributed by atoms with E-state index in [2.05, 4.69) is 10.6 Å². The quantitative estimate of drug-likeness (QED) is 0.707. The number of carbonyl (C=O) groups is 4. The van der Waals surface area contributed by atoms with E-state index in [0.717, 1.165) is 11.1 Å². The van der Waals surface area contributed by atoms with Crippen LogP contribution in [0.3, 0.4) is 0 Å². The number of nitrogens with zero attached hydrogens (tertiary/aromatic N) is 1. The van der Waals surface area contributed by atoms with E-state index in [-0.39, 0.29) is 42.3 Å². The van der Waals surface area contributed by atoms with Crippen molar-refractivity contribution in [3.63, 3.8) is 0 Å². The average Bonchev–Trinajstić information content (AvgIpc) is 3.05. The molecule has 154 valence electrons. The third-order valence-electron chi connectivity index (χ3n) is 5.30. The van der Waals surface area contributed by atoms with E-state index in [1.165, 1.54) is 11.0 Å². The van der Waals surface area contributed by atoms with Gasteiger partial charge in [0.15, 0.2) is 0 Å². The lowest BCUT2D eigenvalue weighted by atomic mass is 10.0. The first-order chi connectivity index (χ1) is 14.3. The molecule has 2 heterocycles. The van der Waals surface area contributed by atoms with Gasteiger partial charge in [-0.25, -0.2) is 0 Å². The fraction of sp³-hybridized carbons (Fsp3) is 0.238. The van der Waals surface area contributed by atoms with Crippen LogP contribution in [-0.4, -0.2) is 34.6 Å². The Bertz CT molecular complexity index is 1090. The lowest BCUT2D eigenvalue weighted by molar-refractivity contribution is -0.136. The molecule has 30 heavy (non-hydrogen) atoms. The number of rotatable bonds is 4. The van der Waals surface area contributed by atoms with Gasteiger partial charge >= 0.3 is 0 Å². The second-order valence-electron chi connectivity index (χ2n) is 7.15. The number of carbonyl (C=O) groups excluding carboxylic acids is 4. The number of hydrogen-bond acceptors (Lipinski definition) is 4. The average molecular weight is 446 g/mol. The molecule has 0 radical (unpaired) electrons. The van der Waals surface area contributed by atoms with Gasteiger partial charge in [-0.05, 0) is 41.8 Å². The first-order valence-corrected chi connectivity index (χ1v) is 10.1. The van der Waals surface area contributed by atoms with Crippen molar-refractivity contribution < 1.29 is 19.2 Å². The Morgan fingerprint density at radius 1 is 1.13 bits per heavy atom. The highest BCUT2D eigenvalue weighted by Gasteiger charge is 2.39. The van der Waals surface area contributed by atoms with E-state index in [9.17, 15) is 19.2 Å². The van der Waals surface area contributed by atoms with Gasteiger partial charge in [-0.3, -0.25) is 24.5 Å². The SMILES string of the molecule is O=C1CCC(N2Cc3c(CNC(=O)c4ccc(Cl)c(Cl)c4)cccc3C2=O)C(=O)N1. The van der Waals surface area contributed by atoms with Crippen LogP contribution in [0.1, 0.15) is 44.7 Å². The number of benzene rings is 2. The van der Waals surface area contributed by atoms with Gasteiger partial charge in [0.1, 0.15) is 6.04 Å². The largest absolute Gasteiger partial charge is 0.348 e. The van der Waals surface area contributed by atoms with E-state index in [1.807, 2.05) is 6.07 Å². The third-order valence-corrected chi connectivity index (χ3v) is 6.04. The maximum atomic E-state index is 12.9. The maximum absolute atomic E-state index is 12.9. The smallest absolute Gasteiger partial charge is 0.255 e. The number of imide groups is 1. The fourth-order valence-electron chi connectivity index (χ4n) is 3.73. The monoisotopic (exact) mass is 445 g/mol. The maximum Gasteiger partial charge on any atom is 0.255 e. The molecule has 1 saturated heterocycles. The summed E-state index contributed by atoms with van der Waals surface area (Å²) in [7, 11) is 0. The summed E-state index contributed by atoms with van der Waals surface area (Å²) in [6.45, 7) is 0.456. The van der Waals surface area contributed by atoms with Crippen molar-refractivity contribution in [2.75, 3.05) is 0 Å². The van der Waals surface area contributed by atoms with Crippen molar-refractivity contribution in [1.82, 2.24) is 15.5 Å². The van der Waals surface area contributed by atoms with Crippen LogP contribution in [-0.2, 0) is 22.7 Å². The van der Waals surface area contributed by atoms with Gasteiger partial charge < -0.3 is 10.2 Å². The highest BCUT2D eigenvalue weighted by Crippen LogP contribution is 2.30. The van der Waals surface area contributed by atoms with Crippen molar-refractivity contribution >= 4 is 46.8 Å². The Balaban J connectivity index is 1.50. The predicted octanol–water partition coefficient (Wildman–Crippen LogP) is 2.68. The summed E-state index contributed by atoms with van der Waals surface area (Å²) in [6, 6.07) is 9.21. The minimum Gasteiger partial charge on any atom is -0.348 e. The number of nitrogens with one attached hydrogen (secondary N) is 2. The van der Waals surface area contributed by atoms with Crippen LogP contribution in [0.5, 0.6) is 0 Å². The van der Waals surface area contributed by atoms with Gasteiger partial charge in [-0.1, -0.05) is 35.3 Å². The number of fused-ring (bicyclic) bond motifs is 1. The molecule has 2 aromatic carbocycles. The zero-order valence-electron chi connectivity index (χ0n) is 15.7. The normalized spacial score (nSPS) is 18.3. The summed E-state index contributed by atoms with van der Waals surface area (Å²) in [5.41, 5.74) is 2.42. The van der Waals surface area contributed by atoms with Gasteiger partial charge in [0.2, 0.25) is 11.8 Å². The third kappa shape index (κ3) is 3.78. The highest BCUT2D eigenvalue weighted by molar-refractivity contribution is 6.42. The van der Waals surface area contributed by atoms with Crippen molar-refractivity contribution in [2.45, 2.75) is 32.0 Å². The zero-order valence-corrected chi connectivity index (χ0v) is 17.2. The zero-order chi connectivity index (χ0) is 21.4. The standard InChI is InChI=1S/C21H17Cl2N3O4/c22-15-5-4-11(8-16(15)23)19(28)24-9-12-2-1-3-13-14(12)10-26(21(13)30)17-6-7-18(27)25-20(17)29/h1-5,8,17H,6-7,9-10H2,(H,24,28)(H,25,27,29). The molecule has 2 aliphatic rings. The molecule has 9 heteroatoms. The molecule has 4 rings (SSSR count). The van der Waals surface area contributed by atoms with E-state index >= 15 is 0 Å². The summed E-state index contributed by atoms with van der Waals surface area (Å²) in [5.74, 6) is -1.36. The summed E-state index contributed by atoms with van der Waals surface area (Å²) in [6.07, 6.45) is 0.497. The first-order valence-electron chi connectivity index (χ1n) is 9.34. The van der Waals surface area contributed by atoms with Crippen LogP contribution >= 0.6 is 23.2 Å². The molecule has 0 spiro atoms. The molecule has 0 saturated carbocycles. The molecule has 1 atom stereocenters. The molecular weight excluding hydrogens is 429 g/mol. The van der Waals surface area contributed by atoms with Crippen LogP contribution in [0.4, 0.5) is 0 Å². The number of hydrogen-bond donors (Lipinski definition) is 2. The van der Waals surface area contributed by atoms with Gasteiger partial charge in [0, 0.05) is 30.6 Å². The summed E-state index contributed by atoms with van der Waals surface area (Å²) in [4.78, 5) is 50.4. The van der Waals surface area contributed by atoms with Crippen LogP contribution < -0.4 is 10.6 Å². The summed E-state index contributed by atoms with van der Waals surface area (Å²) >= 11 is 11.9. The van der Waals surface area contributed by atoms with Crippen LogP contribution in [0.15, 0.2) is 36.4 Å². The van der Waals surface area contributed by atoms with Gasteiger partial charge in [-0.2, -0.15) is 0 Å². The van der Waals surface area contributed by atoms with Crippen LogP contribution in [0, 0.1) is 0 Å². The fourth-order valence-corrected chi connectivity index (χ4v) is 4.03. The lowest BCUT2D eigenvalue weighted by Gasteiger charge is -2.29. The lowest BCUT2D eigenvalue weighted by Crippen LogP contribution is -2.52. The summed E-state index contributed by atoms with van der Waals surface area (Å²) < 4.78 is 0. The van der Waals surface area contributed by atoms with Crippen LogP contribution in [0.2, 0.25) is 10.0 Å². The molecule has 1 fully saturated rings. The van der Waals surface area contributed by atoms with E-state index in [0.29, 0.717) is 22.6 Å². The molecule has 7 nitrogen and oxygen atoms in total. The molecule has 4 amide bonds. The van der Waals surface area contributed by atoms with E-state index in [1.54, 1.807) is 24.3 Å². The molecule has 2 aromatic rings. The molecule has 2 aliphatic heterocycles. The molecule has 0 aliphatic carbocycles. The minimum atomic E-state index is -0.679. The van der Waals surface area contributed by atoms with Gasteiger partial charge in [-0.15, -0.1) is 0 Å². The molecule has 0 bridgehead atoms. The Labute approximate surface area is 182 Å². The highest BCUT2D eigenvalue weighted by atomic mass is 35.5. The second kappa shape index (κ2) is 8.08. The van der Waals surface area contributed by atoms with E-state index in [4.69, 9.17) is 23.2 Å². The number of amides is 4. The van der Waals surface area contributed by atoms with E-state index < -0.39 is 11.9 Å². The van der Waals surface area contributed by atoms with Gasteiger partial charge in [0.25, 0.3) is 11.8 Å². The number of halogens is 2. The Morgan fingerprint density at radius 2 is 1.93 bits per heavy atom. The van der Waals surface area contributed by atoms with Crippen molar-refractivity contribution in [2.24, 2.45) is 0 Å². The van der Waals surface area contributed by atoms with Crippen molar-refractivity contribution in [1.29, 1.82) is 0 Å². The summed E-state index contributed by atoms with van der Waals surface area (Å²) in [5, 5.41) is 5.76. The Kier molecular flexibility index (Phi) is 5.49. The predicted molar refractivity (Wildman–Crippen MR) is 110 cm³/mol. The molecule has 1 unspecified atom stereocenters. The topological polar surface area (TPSA) is 95.6 Å². The van der Waals surface area contributed by atoms with Gasteiger partial charge in [0.05, 0.1) is 10.0 Å². The first kappa shape index (κ1) is 20.4. The van der Waals surface area contributed by atoms with Crippen molar-refractivity contribution in [3.05, 3.63) is 68.7 Å². The molecular formula is C21H17Cl2N3O4. The van der Waals surface area contributed by atoms with Crippen molar-refractivity contribution in [3.8, 4) is 0 Å². The number of piperidine rings is 1. The molecule has 0 aromatic heterocycles. The van der Waals surface area contributed by atoms with Crippen LogP contribution in [0.25, 0.3) is 0 Å². The second-order valence-corrected chi connectivity index (χ2v) is 7.97.